The molecule has 0 saturated heterocycles. The third-order valence-electron chi connectivity index (χ3n) is 6.39. The zero-order valence-corrected chi connectivity index (χ0v) is 22.9. The number of hydrogen-bond acceptors (Lipinski definition) is 5. The van der Waals surface area contributed by atoms with Crippen molar-refractivity contribution < 1.29 is 45.8 Å². The molecule has 2 atom stereocenters. The molecule has 1 aliphatic rings. The van der Waals surface area contributed by atoms with Gasteiger partial charge in [-0.3, -0.25) is 4.79 Å². The Morgan fingerprint density at radius 1 is 0.805 bits per heavy atom. The highest BCUT2D eigenvalue weighted by atomic mass is 79.9. The molecular formula is C29H21BrF5NO5. The highest BCUT2D eigenvalue weighted by Gasteiger charge is 2.45. The summed E-state index contributed by atoms with van der Waals surface area (Å²) in [6, 6.07) is 14.5. The van der Waals surface area contributed by atoms with Crippen LogP contribution >= 0.6 is 15.9 Å². The van der Waals surface area contributed by atoms with Crippen LogP contribution in [0.3, 0.4) is 0 Å². The van der Waals surface area contributed by atoms with E-state index < -0.39 is 70.3 Å². The van der Waals surface area contributed by atoms with E-state index in [2.05, 4.69) is 15.9 Å². The standard InChI is InChI=1S/C29H21BrF5NO5/c1-2-40-28(38)20-18(41-29(39)21-22(31)24(33)26(35)25(34)23(21)32)13-17(15-9-5-3-6-10-15)36(19(37)14-30)27(20)16-11-7-4-8-12-16/h3-12,17,27H,2,13-14H2,1H3. The molecule has 0 fully saturated rings. The van der Waals surface area contributed by atoms with Gasteiger partial charge in [0.05, 0.1) is 24.0 Å². The van der Waals surface area contributed by atoms with E-state index in [1.54, 1.807) is 60.7 Å². The van der Waals surface area contributed by atoms with Crippen LogP contribution in [-0.4, -0.2) is 34.7 Å². The zero-order valence-electron chi connectivity index (χ0n) is 21.3. The topological polar surface area (TPSA) is 72.9 Å². The van der Waals surface area contributed by atoms with Crippen LogP contribution in [0.1, 0.15) is 46.9 Å². The van der Waals surface area contributed by atoms with Gasteiger partial charge in [0.15, 0.2) is 23.3 Å². The minimum Gasteiger partial charge on any atom is -0.462 e. The van der Waals surface area contributed by atoms with E-state index in [-0.39, 0.29) is 23.9 Å². The summed E-state index contributed by atoms with van der Waals surface area (Å²) in [5.74, 6) is -15.8. The molecule has 0 aliphatic carbocycles. The Bertz CT molecular complexity index is 1490. The molecule has 0 N–H and O–H groups in total. The SMILES string of the molecule is CCOC(=O)C1=C(OC(=O)c2c(F)c(F)c(F)c(F)c2F)CC(c2ccccc2)N(C(=O)CBr)C1c1ccccc1. The second-order valence-electron chi connectivity index (χ2n) is 8.77. The van der Waals surface area contributed by atoms with Crippen LogP contribution in [0.15, 0.2) is 72.0 Å². The third-order valence-corrected chi connectivity index (χ3v) is 6.87. The minimum atomic E-state index is -2.45. The van der Waals surface area contributed by atoms with E-state index in [0.717, 1.165) is 0 Å². The van der Waals surface area contributed by atoms with Gasteiger partial charge in [0.25, 0.3) is 0 Å². The summed E-state index contributed by atoms with van der Waals surface area (Å²) in [7, 11) is 0. The van der Waals surface area contributed by atoms with Gasteiger partial charge < -0.3 is 14.4 Å². The first kappa shape index (κ1) is 29.9. The summed E-state index contributed by atoms with van der Waals surface area (Å²) < 4.78 is 80.9. The second-order valence-corrected chi connectivity index (χ2v) is 9.33. The number of carbonyl (C=O) groups is 3. The number of ether oxygens (including phenoxy) is 2. The van der Waals surface area contributed by atoms with E-state index in [9.17, 15) is 36.3 Å². The lowest BCUT2D eigenvalue weighted by Crippen LogP contribution is -2.45. The molecule has 214 valence electrons. The van der Waals surface area contributed by atoms with Gasteiger partial charge in [0, 0.05) is 6.42 Å². The summed E-state index contributed by atoms with van der Waals surface area (Å²) in [5, 5.41) is -0.157. The molecule has 0 saturated carbocycles. The van der Waals surface area contributed by atoms with Gasteiger partial charge in [-0.1, -0.05) is 76.6 Å². The molecule has 41 heavy (non-hydrogen) atoms. The van der Waals surface area contributed by atoms with Crippen molar-refractivity contribution in [3.8, 4) is 0 Å². The Kier molecular flexibility index (Phi) is 9.21. The Morgan fingerprint density at radius 2 is 1.32 bits per heavy atom. The summed E-state index contributed by atoms with van der Waals surface area (Å²) in [6.07, 6.45) is -0.374. The van der Waals surface area contributed by atoms with E-state index in [1.165, 1.54) is 11.8 Å². The van der Waals surface area contributed by atoms with Crippen molar-refractivity contribution in [2.45, 2.75) is 25.4 Å². The van der Waals surface area contributed by atoms with Crippen LogP contribution in [0.5, 0.6) is 0 Å². The van der Waals surface area contributed by atoms with Gasteiger partial charge in [-0.25, -0.2) is 31.5 Å². The molecule has 0 bridgehead atoms. The molecule has 3 aromatic rings. The predicted octanol–water partition coefficient (Wildman–Crippen LogP) is 6.47. The smallest absolute Gasteiger partial charge is 0.349 e. The monoisotopic (exact) mass is 637 g/mol. The molecule has 2 unspecified atom stereocenters. The summed E-state index contributed by atoms with van der Waals surface area (Å²) in [5.41, 5.74) is -1.23. The van der Waals surface area contributed by atoms with Gasteiger partial charge in [-0.05, 0) is 18.1 Å². The molecule has 12 heteroatoms. The summed E-state index contributed by atoms with van der Waals surface area (Å²) in [4.78, 5) is 41.2. The predicted molar refractivity (Wildman–Crippen MR) is 139 cm³/mol. The van der Waals surface area contributed by atoms with Crippen LogP contribution in [0.4, 0.5) is 22.0 Å². The average molecular weight is 638 g/mol. The van der Waals surface area contributed by atoms with Crippen molar-refractivity contribution in [2.75, 3.05) is 11.9 Å². The van der Waals surface area contributed by atoms with Crippen molar-refractivity contribution in [3.63, 3.8) is 0 Å². The first-order valence-electron chi connectivity index (χ1n) is 12.2. The molecule has 1 heterocycles. The first-order chi connectivity index (χ1) is 19.6. The quantitative estimate of drug-likeness (QED) is 0.0977. The molecule has 0 spiro atoms. The normalized spacial score (nSPS) is 16.9. The first-order valence-corrected chi connectivity index (χ1v) is 13.3. The van der Waals surface area contributed by atoms with Crippen molar-refractivity contribution in [1.82, 2.24) is 4.90 Å². The maximum atomic E-state index is 14.5. The number of halogens is 6. The van der Waals surface area contributed by atoms with Crippen LogP contribution in [0.2, 0.25) is 0 Å². The zero-order chi connectivity index (χ0) is 29.8. The molecular weight excluding hydrogens is 617 g/mol. The number of hydrogen-bond donors (Lipinski definition) is 0. The van der Waals surface area contributed by atoms with Gasteiger partial charge in [-0.15, -0.1) is 0 Å². The Hall–Kier alpha value is -4.06. The molecule has 4 rings (SSSR count). The third kappa shape index (κ3) is 5.74. The number of rotatable bonds is 7. The Labute approximate surface area is 239 Å². The van der Waals surface area contributed by atoms with Crippen molar-refractivity contribution >= 4 is 33.8 Å². The molecule has 6 nitrogen and oxygen atoms in total. The lowest BCUT2D eigenvalue weighted by Gasteiger charge is -2.43. The molecule has 0 aromatic heterocycles. The lowest BCUT2D eigenvalue weighted by atomic mass is 9.85. The number of alkyl halides is 1. The van der Waals surface area contributed by atoms with E-state index in [1.807, 2.05) is 0 Å². The number of benzene rings is 3. The second kappa shape index (κ2) is 12.6. The van der Waals surface area contributed by atoms with Crippen LogP contribution in [-0.2, 0) is 19.1 Å². The summed E-state index contributed by atoms with van der Waals surface area (Å²) in [6.45, 7) is 1.38. The lowest BCUT2D eigenvalue weighted by molar-refractivity contribution is -0.142. The fraction of sp³-hybridized carbons (Fsp3) is 0.207. The van der Waals surface area contributed by atoms with Crippen molar-refractivity contribution in [1.29, 1.82) is 0 Å². The van der Waals surface area contributed by atoms with Gasteiger partial charge in [-0.2, -0.15) is 0 Å². The van der Waals surface area contributed by atoms with Crippen LogP contribution in [0, 0.1) is 29.1 Å². The number of amides is 1. The number of nitrogens with zero attached hydrogens (tertiary/aromatic N) is 1. The maximum Gasteiger partial charge on any atom is 0.349 e. The molecule has 1 amide bonds. The van der Waals surface area contributed by atoms with Gasteiger partial charge >= 0.3 is 11.9 Å². The Morgan fingerprint density at radius 3 is 1.83 bits per heavy atom. The van der Waals surface area contributed by atoms with Crippen molar-refractivity contribution in [2.24, 2.45) is 0 Å². The van der Waals surface area contributed by atoms with Crippen molar-refractivity contribution in [3.05, 3.63) is 118 Å². The van der Waals surface area contributed by atoms with Crippen LogP contribution < -0.4 is 0 Å². The number of esters is 2. The fourth-order valence-corrected chi connectivity index (χ4v) is 4.93. The average Bonchev–Trinajstić information content (AvgIpc) is 2.99. The van der Waals surface area contributed by atoms with Gasteiger partial charge in [0.1, 0.15) is 16.9 Å². The van der Waals surface area contributed by atoms with Crippen LogP contribution in [0.25, 0.3) is 0 Å². The number of carbonyl (C=O) groups excluding carboxylic acids is 3. The van der Waals surface area contributed by atoms with Gasteiger partial charge in [0.2, 0.25) is 11.7 Å². The van der Waals surface area contributed by atoms with E-state index >= 15 is 0 Å². The molecule has 0 radical (unpaired) electrons. The summed E-state index contributed by atoms with van der Waals surface area (Å²) >= 11 is 3.17. The Balaban J connectivity index is 1.97. The fourth-order valence-electron chi connectivity index (χ4n) is 4.64. The minimum absolute atomic E-state index is 0.128. The highest BCUT2D eigenvalue weighted by molar-refractivity contribution is 9.09. The molecule has 3 aromatic carbocycles. The molecule has 1 aliphatic heterocycles. The highest BCUT2D eigenvalue weighted by Crippen LogP contribution is 2.46. The largest absolute Gasteiger partial charge is 0.462 e. The van der Waals surface area contributed by atoms with E-state index in [0.29, 0.717) is 11.1 Å². The van der Waals surface area contributed by atoms with E-state index in [4.69, 9.17) is 9.47 Å². The maximum absolute atomic E-state index is 14.5.